The van der Waals surface area contributed by atoms with Crippen molar-refractivity contribution in [3.63, 3.8) is 0 Å². The molecule has 0 aliphatic heterocycles. The van der Waals surface area contributed by atoms with E-state index in [-0.39, 0.29) is 5.82 Å². The van der Waals surface area contributed by atoms with Crippen LogP contribution in [0.4, 0.5) is 11.5 Å². The highest BCUT2D eigenvalue weighted by molar-refractivity contribution is 6.05. The van der Waals surface area contributed by atoms with E-state index in [1.54, 1.807) is 72.9 Å². The second-order valence-corrected chi connectivity index (χ2v) is 8.73. The normalized spacial score (nSPS) is 11.2. The number of nitrogens with zero attached hydrogens (tertiary/aromatic N) is 1. The highest BCUT2D eigenvalue weighted by Gasteiger charge is 2.13. The quantitative estimate of drug-likeness (QED) is 0.181. The molecular formula is C33H35N3O8. The zero-order chi connectivity index (χ0) is 31.9. The third-order valence-electron chi connectivity index (χ3n) is 5.98. The van der Waals surface area contributed by atoms with E-state index in [4.69, 9.17) is 28.4 Å². The van der Waals surface area contributed by atoms with Gasteiger partial charge in [-0.05, 0) is 47.5 Å². The van der Waals surface area contributed by atoms with Gasteiger partial charge in [-0.15, -0.1) is 0 Å². The standard InChI is InChI=1S/C33H35N3O8/c1-39-25-18-22(19-26(40-2)31(25)43-5)12-7-9-15-29(37)35-24-14-11-17-34-33(24)36-30(38)16-10-8-13-23-20-27(41-3)32(44-6)28(21-23)42-4/h7-21H,1-6H3,(H,35,37)(H,34,36,38)/b12-7+,13-8+,15-9+,16-10+. The number of nitrogens with one attached hydrogen (secondary N) is 2. The number of pyridine rings is 1. The number of aromatic nitrogens is 1. The fourth-order valence-corrected chi connectivity index (χ4v) is 3.95. The maximum absolute atomic E-state index is 12.5. The first kappa shape index (κ1) is 32.8. The van der Waals surface area contributed by atoms with E-state index in [2.05, 4.69) is 15.6 Å². The van der Waals surface area contributed by atoms with E-state index in [0.717, 1.165) is 11.1 Å². The minimum atomic E-state index is -0.433. The number of rotatable bonds is 14. The Hall–Kier alpha value is -5.71. The number of carbonyl (C=O) groups excluding carboxylic acids is 2. The number of carbonyl (C=O) groups is 2. The Morgan fingerprint density at radius 2 is 1.05 bits per heavy atom. The highest BCUT2D eigenvalue weighted by Crippen LogP contribution is 2.39. The fraction of sp³-hybridized carbons (Fsp3) is 0.182. The molecule has 11 nitrogen and oxygen atoms in total. The van der Waals surface area contributed by atoms with Gasteiger partial charge >= 0.3 is 0 Å². The number of ether oxygens (including phenoxy) is 6. The predicted octanol–water partition coefficient (Wildman–Crippen LogP) is 5.55. The summed E-state index contributed by atoms with van der Waals surface area (Å²) in [4.78, 5) is 29.3. The molecule has 2 N–H and O–H groups in total. The zero-order valence-electron chi connectivity index (χ0n) is 25.4. The molecule has 0 saturated carbocycles. The van der Waals surface area contributed by atoms with Crippen molar-refractivity contribution in [3.05, 3.63) is 90.2 Å². The van der Waals surface area contributed by atoms with Gasteiger partial charge in [-0.1, -0.05) is 36.5 Å². The van der Waals surface area contributed by atoms with Crippen LogP contribution in [0, 0.1) is 0 Å². The Bertz CT molecular complexity index is 1410. The van der Waals surface area contributed by atoms with Crippen molar-refractivity contribution in [2.45, 2.75) is 0 Å². The molecule has 1 heterocycles. The molecule has 230 valence electrons. The molecule has 2 aromatic carbocycles. The van der Waals surface area contributed by atoms with Crippen LogP contribution < -0.4 is 39.1 Å². The van der Waals surface area contributed by atoms with Crippen LogP contribution in [0.2, 0.25) is 0 Å². The molecule has 0 fully saturated rings. The van der Waals surface area contributed by atoms with Gasteiger partial charge in [0.25, 0.3) is 0 Å². The zero-order valence-corrected chi connectivity index (χ0v) is 25.4. The number of allylic oxidation sites excluding steroid dienone is 4. The summed E-state index contributed by atoms with van der Waals surface area (Å²) in [5.74, 6) is 2.40. The van der Waals surface area contributed by atoms with E-state index >= 15 is 0 Å². The van der Waals surface area contributed by atoms with Gasteiger partial charge in [-0.3, -0.25) is 9.59 Å². The van der Waals surface area contributed by atoms with Gasteiger partial charge < -0.3 is 39.1 Å². The van der Waals surface area contributed by atoms with Gasteiger partial charge in [0.05, 0.1) is 48.3 Å². The van der Waals surface area contributed by atoms with Gasteiger partial charge in [0.15, 0.2) is 28.8 Å². The minimum absolute atomic E-state index is 0.200. The Labute approximate surface area is 256 Å². The molecule has 0 spiro atoms. The second kappa shape index (κ2) is 16.7. The molecule has 44 heavy (non-hydrogen) atoms. The largest absolute Gasteiger partial charge is 0.493 e. The van der Waals surface area contributed by atoms with Crippen molar-refractivity contribution < 1.29 is 38.0 Å². The summed E-state index contributed by atoms with van der Waals surface area (Å²) in [6.07, 6.45) is 14.3. The lowest BCUT2D eigenvalue weighted by atomic mass is 10.1. The van der Waals surface area contributed by atoms with Crippen molar-refractivity contribution in [2.75, 3.05) is 53.3 Å². The Balaban J connectivity index is 1.61. The average molecular weight is 602 g/mol. The Kier molecular flexibility index (Phi) is 12.4. The van der Waals surface area contributed by atoms with Crippen LogP contribution in [0.5, 0.6) is 34.5 Å². The molecular weight excluding hydrogens is 566 g/mol. The SMILES string of the molecule is COc1cc(/C=C/C=C/C(=O)Nc2cccnc2NC(=O)/C=C/C=C/c2cc(OC)c(OC)c(OC)c2)cc(OC)c1OC. The van der Waals surface area contributed by atoms with E-state index < -0.39 is 11.8 Å². The number of hydrogen-bond donors (Lipinski definition) is 2. The molecule has 3 aromatic rings. The maximum atomic E-state index is 12.5. The summed E-state index contributed by atoms with van der Waals surface area (Å²) in [7, 11) is 9.22. The molecule has 1 aromatic heterocycles. The molecule has 0 unspecified atom stereocenters. The lowest BCUT2D eigenvalue weighted by Crippen LogP contribution is -2.14. The fourth-order valence-electron chi connectivity index (χ4n) is 3.95. The summed E-state index contributed by atoms with van der Waals surface area (Å²) < 4.78 is 32.1. The van der Waals surface area contributed by atoms with Crippen LogP contribution in [0.25, 0.3) is 12.2 Å². The molecule has 0 bridgehead atoms. The van der Waals surface area contributed by atoms with Crippen LogP contribution in [-0.4, -0.2) is 59.5 Å². The van der Waals surface area contributed by atoms with Gasteiger partial charge in [0.1, 0.15) is 0 Å². The summed E-state index contributed by atoms with van der Waals surface area (Å²) >= 11 is 0. The van der Waals surface area contributed by atoms with E-state index in [1.807, 2.05) is 0 Å². The molecule has 2 amide bonds. The third-order valence-corrected chi connectivity index (χ3v) is 5.98. The number of benzene rings is 2. The number of hydrogen-bond acceptors (Lipinski definition) is 9. The van der Waals surface area contributed by atoms with Crippen LogP contribution in [-0.2, 0) is 9.59 Å². The van der Waals surface area contributed by atoms with Crippen molar-refractivity contribution in [2.24, 2.45) is 0 Å². The van der Waals surface area contributed by atoms with Crippen LogP contribution >= 0.6 is 0 Å². The van der Waals surface area contributed by atoms with Crippen molar-refractivity contribution >= 4 is 35.5 Å². The molecule has 11 heteroatoms. The lowest BCUT2D eigenvalue weighted by Gasteiger charge is -2.12. The molecule has 0 saturated heterocycles. The number of amides is 2. The van der Waals surface area contributed by atoms with Crippen molar-refractivity contribution in [3.8, 4) is 34.5 Å². The van der Waals surface area contributed by atoms with Gasteiger partial charge in [0.2, 0.25) is 23.3 Å². The summed E-state index contributed by atoms with van der Waals surface area (Å²) in [5.41, 5.74) is 1.91. The predicted molar refractivity (Wildman–Crippen MR) is 170 cm³/mol. The summed E-state index contributed by atoms with van der Waals surface area (Å²) in [6, 6.07) is 10.4. The molecule has 0 aliphatic rings. The van der Waals surface area contributed by atoms with Gasteiger partial charge in [0, 0.05) is 18.3 Å². The minimum Gasteiger partial charge on any atom is -0.493 e. The lowest BCUT2D eigenvalue weighted by molar-refractivity contribution is -0.112. The Morgan fingerprint density at radius 1 is 0.614 bits per heavy atom. The Morgan fingerprint density at radius 3 is 1.45 bits per heavy atom. The summed E-state index contributed by atoms with van der Waals surface area (Å²) in [6.45, 7) is 0. The monoisotopic (exact) mass is 601 g/mol. The molecule has 0 radical (unpaired) electrons. The maximum Gasteiger partial charge on any atom is 0.249 e. The van der Waals surface area contributed by atoms with Crippen LogP contribution in [0.1, 0.15) is 11.1 Å². The van der Waals surface area contributed by atoms with E-state index in [9.17, 15) is 9.59 Å². The molecule has 0 atom stereocenters. The smallest absolute Gasteiger partial charge is 0.249 e. The molecule has 0 aliphatic carbocycles. The van der Waals surface area contributed by atoms with E-state index in [1.165, 1.54) is 61.0 Å². The van der Waals surface area contributed by atoms with Gasteiger partial charge in [-0.2, -0.15) is 0 Å². The second-order valence-electron chi connectivity index (χ2n) is 8.73. The average Bonchev–Trinajstić information content (AvgIpc) is 3.04. The first-order chi connectivity index (χ1) is 21.4. The first-order valence-corrected chi connectivity index (χ1v) is 13.2. The first-order valence-electron chi connectivity index (χ1n) is 13.2. The van der Waals surface area contributed by atoms with Crippen LogP contribution in [0.15, 0.2) is 79.1 Å². The van der Waals surface area contributed by atoms with Crippen LogP contribution in [0.3, 0.4) is 0 Å². The summed E-state index contributed by atoms with van der Waals surface area (Å²) in [5, 5.41) is 5.39. The highest BCUT2D eigenvalue weighted by atomic mass is 16.5. The van der Waals surface area contributed by atoms with Crippen molar-refractivity contribution in [1.29, 1.82) is 0 Å². The topological polar surface area (TPSA) is 126 Å². The van der Waals surface area contributed by atoms with E-state index in [0.29, 0.717) is 40.2 Å². The number of methoxy groups -OCH3 is 6. The van der Waals surface area contributed by atoms with Gasteiger partial charge in [-0.25, -0.2) is 4.98 Å². The molecule has 3 rings (SSSR count). The third kappa shape index (κ3) is 8.89. The van der Waals surface area contributed by atoms with Crippen molar-refractivity contribution in [1.82, 2.24) is 4.98 Å². The number of anilines is 2.